The summed E-state index contributed by atoms with van der Waals surface area (Å²) in [4.78, 5) is 1.71. The molecule has 0 aliphatic carbocycles. The summed E-state index contributed by atoms with van der Waals surface area (Å²) in [6.07, 6.45) is 2.10. The molecule has 0 aromatic rings. The topological polar surface area (TPSA) is 18.5 Å². The van der Waals surface area contributed by atoms with Gasteiger partial charge in [-0.3, -0.25) is 0 Å². The first-order chi connectivity index (χ1) is 4.83. The minimum absolute atomic E-state index is 0.189. The van der Waals surface area contributed by atoms with Crippen LogP contribution in [0.5, 0.6) is 0 Å². The fraction of sp³-hybridized carbons (Fsp3) is 1.00. The van der Waals surface area contributed by atoms with Crippen molar-refractivity contribution in [1.82, 2.24) is 15.6 Å². The van der Waals surface area contributed by atoms with Crippen molar-refractivity contribution in [2.75, 3.05) is 13.1 Å². The van der Waals surface area contributed by atoms with Crippen molar-refractivity contribution in [1.29, 1.82) is 0 Å². The van der Waals surface area contributed by atoms with Crippen LogP contribution in [0.1, 0.15) is 12.8 Å². The lowest BCUT2D eigenvalue weighted by Crippen LogP contribution is -2.39. The average Bonchev–Trinajstić information content (AvgIpc) is 2.40. The maximum atomic E-state index is 12.0. The molecule has 0 atom stereocenters. The SMILES string of the molecule is FNN(F)[B]N1CCCC1. The van der Waals surface area contributed by atoms with E-state index in [-0.39, 0.29) is 5.14 Å². The molecule has 0 bridgehead atoms. The molecular weight excluding hydrogens is 139 g/mol. The number of rotatable bonds is 3. The van der Waals surface area contributed by atoms with Gasteiger partial charge in [0, 0.05) is 0 Å². The first-order valence-corrected chi connectivity index (χ1v) is 3.23. The summed E-state index contributed by atoms with van der Waals surface area (Å²) in [5.74, 6) is 0. The Morgan fingerprint density at radius 2 is 2.00 bits per heavy atom. The Balaban J connectivity index is 2.11. The van der Waals surface area contributed by atoms with Crippen LogP contribution in [0.2, 0.25) is 0 Å². The Hall–Kier alpha value is -0.195. The normalized spacial score (nSPS) is 20.3. The lowest BCUT2D eigenvalue weighted by molar-refractivity contribution is -0.0194. The molecule has 0 unspecified atom stereocenters. The van der Waals surface area contributed by atoms with Gasteiger partial charge in [-0.05, 0) is 25.9 Å². The zero-order chi connectivity index (χ0) is 7.40. The molecule has 1 rings (SSSR count). The smallest absolute Gasteiger partial charge is 0.328 e. The van der Waals surface area contributed by atoms with Gasteiger partial charge in [-0.2, -0.15) is 0 Å². The Labute approximate surface area is 59.1 Å². The summed E-state index contributed by atoms with van der Waals surface area (Å²) < 4.78 is 23.3. The first-order valence-electron chi connectivity index (χ1n) is 3.23. The zero-order valence-electron chi connectivity index (χ0n) is 5.56. The molecule has 1 saturated heterocycles. The standard InChI is InChI=1S/C4H9BF2N3/c6-8-10(7)5-9-3-1-2-4-9/h8H,1-4H2. The minimum Gasteiger partial charge on any atom is -0.328 e. The van der Waals surface area contributed by atoms with Gasteiger partial charge in [-0.25, -0.2) is 0 Å². The third-order valence-corrected chi connectivity index (χ3v) is 1.49. The summed E-state index contributed by atoms with van der Waals surface area (Å²) in [7, 11) is 1.08. The number of halogens is 2. The number of nitrogens with one attached hydrogen (secondary N) is 1. The van der Waals surface area contributed by atoms with Gasteiger partial charge in [0.05, 0.1) is 0 Å². The highest BCUT2D eigenvalue weighted by molar-refractivity contribution is 6.27. The predicted octanol–water partition coefficient (Wildman–Crippen LogP) is 0.192. The highest BCUT2D eigenvalue weighted by atomic mass is 19.2. The fourth-order valence-electron chi connectivity index (χ4n) is 1.02. The molecule has 57 valence electrons. The van der Waals surface area contributed by atoms with E-state index in [4.69, 9.17) is 0 Å². The largest absolute Gasteiger partial charge is 0.378 e. The molecule has 1 radical (unpaired) electrons. The second kappa shape index (κ2) is 3.85. The van der Waals surface area contributed by atoms with E-state index in [1.54, 1.807) is 4.81 Å². The summed E-state index contributed by atoms with van der Waals surface area (Å²) in [5.41, 5.74) is 0.861. The Morgan fingerprint density at radius 1 is 1.40 bits per heavy atom. The zero-order valence-corrected chi connectivity index (χ0v) is 5.56. The summed E-state index contributed by atoms with van der Waals surface area (Å²) >= 11 is 0. The highest BCUT2D eigenvalue weighted by Crippen LogP contribution is 2.05. The number of hydrogen-bond acceptors (Lipinski definition) is 3. The van der Waals surface area contributed by atoms with Gasteiger partial charge in [0.2, 0.25) is 0 Å². The van der Waals surface area contributed by atoms with E-state index in [0.29, 0.717) is 0 Å². The highest BCUT2D eigenvalue weighted by Gasteiger charge is 2.17. The van der Waals surface area contributed by atoms with Crippen LogP contribution in [0.4, 0.5) is 8.96 Å². The molecule has 0 aromatic heterocycles. The number of nitrogens with zero attached hydrogens (tertiary/aromatic N) is 2. The molecule has 0 amide bonds. The predicted molar refractivity (Wildman–Crippen MR) is 33.8 cm³/mol. The van der Waals surface area contributed by atoms with E-state index in [0.717, 1.165) is 39.1 Å². The number of hydrazine groups is 1. The van der Waals surface area contributed by atoms with Crippen LogP contribution >= 0.6 is 0 Å². The van der Waals surface area contributed by atoms with Gasteiger partial charge in [0.25, 0.3) is 0 Å². The second-order valence-electron chi connectivity index (χ2n) is 2.25. The van der Waals surface area contributed by atoms with Gasteiger partial charge in [-0.15, -0.1) is 8.96 Å². The molecule has 1 aliphatic heterocycles. The van der Waals surface area contributed by atoms with Gasteiger partial charge < -0.3 is 4.81 Å². The summed E-state index contributed by atoms with van der Waals surface area (Å²) in [6, 6.07) is 0. The maximum Gasteiger partial charge on any atom is 0.378 e. The van der Waals surface area contributed by atoms with Gasteiger partial charge >= 0.3 is 7.55 Å². The second-order valence-corrected chi connectivity index (χ2v) is 2.25. The van der Waals surface area contributed by atoms with Crippen molar-refractivity contribution >= 4 is 7.55 Å². The van der Waals surface area contributed by atoms with Gasteiger partial charge in [-0.1, -0.05) is 10.8 Å². The van der Waals surface area contributed by atoms with Crippen molar-refractivity contribution in [3.63, 3.8) is 0 Å². The molecule has 0 aromatic carbocycles. The third-order valence-electron chi connectivity index (χ3n) is 1.49. The Kier molecular flexibility index (Phi) is 3.04. The van der Waals surface area contributed by atoms with Crippen molar-refractivity contribution < 1.29 is 8.96 Å². The Morgan fingerprint density at radius 3 is 2.50 bits per heavy atom. The Bertz CT molecular complexity index is 98.5. The van der Waals surface area contributed by atoms with Crippen LogP contribution in [0.3, 0.4) is 0 Å². The van der Waals surface area contributed by atoms with Crippen LogP contribution in [-0.2, 0) is 0 Å². The van der Waals surface area contributed by atoms with Crippen LogP contribution in [0.25, 0.3) is 0 Å². The summed E-state index contributed by atoms with van der Waals surface area (Å²) in [5, 5.41) is -0.189. The van der Waals surface area contributed by atoms with Crippen molar-refractivity contribution in [3.8, 4) is 0 Å². The first kappa shape index (κ1) is 7.91. The molecule has 6 heteroatoms. The quantitative estimate of drug-likeness (QED) is 0.350. The van der Waals surface area contributed by atoms with E-state index < -0.39 is 0 Å². The van der Waals surface area contributed by atoms with Crippen molar-refractivity contribution in [2.24, 2.45) is 0 Å². The van der Waals surface area contributed by atoms with Crippen LogP contribution in [0, 0.1) is 0 Å². The van der Waals surface area contributed by atoms with Crippen LogP contribution in [0.15, 0.2) is 0 Å². The third kappa shape index (κ3) is 2.20. The van der Waals surface area contributed by atoms with E-state index in [9.17, 15) is 8.96 Å². The number of hydrogen-bond donors (Lipinski definition) is 1. The molecular formula is C4H9BF2N3. The molecule has 0 spiro atoms. The lowest BCUT2D eigenvalue weighted by Gasteiger charge is -2.14. The summed E-state index contributed by atoms with van der Waals surface area (Å²) in [6.45, 7) is 1.62. The minimum atomic E-state index is -0.189. The monoisotopic (exact) mass is 148 g/mol. The molecule has 1 fully saturated rings. The van der Waals surface area contributed by atoms with Gasteiger partial charge in [0.15, 0.2) is 0 Å². The van der Waals surface area contributed by atoms with Crippen LogP contribution < -0.4 is 5.65 Å². The molecule has 3 nitrogen and oxygen atoms in total. The van der Waals surface area contributed by atoms with E-state index in [2.05, 4.69) is 0 Å². The molecule has 0 saturated carbocycles. The van der Waals surface area contributed by atoms with Gasteiger partial charge in [0.1, 0.15) is 0 Å². The molecule has 1 heterocycles. The van der Waals surface area contributed by atoms with Crippen LogP contribution in [-0.4, -0.2) is 30.6 Å². The van der Waals surface area contributed by atoms with E-state index >= 15 is 0 Å². The average molecular weight is 148 g/mol. The van der Waals surface area contributed by atoms with Crippen molar-refractivity contribution in [2.45, 2.75) is 12.8 Å². The lowest BCUT2D eigenvalue weighted by atomic mass is 10.1. The molecule has 1 aliphatic rings. The molecule has 10 heavy (non-hydrogen) atoms. The van der Waals surface area contributed by atoms with E-state index in [1.165, 1.54) is 0 Å². The van der Waals surface area contributed by atoms with Crippen molar-refractivity contribution in [3.05, 3.63) is 0 Å². The van der Waals surface area contributed by atoms with E-state index in [1.807, 2.05) is 0 Å². The fourth-order valence-corrected chi connectivity index (χ4v) is 1.02. The maximum absolute atomic E-state index is 12.0. The molecule has 1 N–H and O–H groups in total.